The molecule has 1 aromatic carbocycles. The lowest BCUT2D eigenvalue weighted by atomic mass is 10.2. The first-order chi connectivity index (χ1) is 14.7. The molecule has 0 saturated carbocycles. The maximum atomic E-state index is 13.1. The Morgan fingerprint density at radius 2 is 1.97 bits per heavy atom. The van der Waals surface area contributed by atoms with E-state index < -0.39 is 0 Å². The van der Waals surface area contributed by atoms with Crippen molar-refractivity contribution in [2.75, 3.05) is 26.2 Å². The van der Waals surface area contributed by atoms with Gasteiger partial charge < -0.3 is 19.0 Å². The highest BCUT2D eigenvalue weighted by molar-refractivity contribution is 5.94. The highest BCUT2D eigenvalue weighted by Gasteiger charge is 2.25. The molecule has 0 bridgehead atoms. The van der Waals surface area contributed by atoms with Crippen molar-refractivity contribution in [3.05, 3.63) is 66.1 Å². The molecule has 30 heavy (non-hydrogen) atoms. The van der Waals surface area contributed by atoms with E-state index in [1.54, 1.807) is 22.1 Å². The predicted octanol–water partition coefficient (Wildman–Crippen LogP) is 3.74. The van der Waals surface area contributed by atoms with Crippen LogP contribution in [-0.4, -0.2) is 54.0 Å². The molecule has 2 amide bonds. The molecule has 0 aliphatic carbocycles. The highest BCUT2D eigenvalue weighted by Crippen LogP contribution is 2.16. The summed E-state index contributed by atoms with van der Waals surface area (Å²) < 4.78 is 11.2. The van der Waals surface area contributed by atoms with Crippen molar-refractivity contribution in [1.29, 1.82) is 0 Å². The van der Waals surface area contributed by atoms with Gasteiger partial charge in [0.25, 0.3) is 0 Å². The molecule has 1 fully saturated rings. The lowest BCUT2D eigenvalue weighted by Crippen LogP contribution is -2.44. The van der Waals surface area contributed by atoms with Crippen molar-refractivity contribution in [2.45, 2.75) is 38.8 Å². The average Bonchev–Trinajstić information content (AvgIpc) is 3.46. The summed E-state index contributed by atoms with van der Waals surface area (Å²) in [5.41, 5.74) is 0.950. The lowest BCUT2D eigenvalue weighted by molar-refractivity contribution is -0.139. The van der Waals surface area contributed by atoms with Gasteiger partial charge in [0.05, 0.1) is 18.9 Å². The van der Waals surface area contributed by atoms with Gasteiger partial charge in [0.15, 0.2) is 0 Å². The number of nitrogens with zero attached hydrogens (tertiary/aromatic N) is 2. The van der Waals surface area contributed by atoms with E-state index in [2.05, 4.69) is 0 Å². The van der Waals surface area contributed by atoms with Crippen molar-refractivity contribution in [2.24, 2.45) is 0 Å². The molecule has 1 aliphatic heterocycles. The highest BCUT2D eigenvalue weighted by atomic mass is 16.5. The minimum atomic E-state index is -0.163. The third kappa shape index (κ3) is 6.59. The van der Waals surface area contributed by atoms with E-state index in [9.17, 15) is 9.59 Å². The SMILES string of the molecule is CCCN(CC(=O)N(Cc1ccco1)C[C@@H]1CCCO1)C(=O)/C=C/c1ccccc1. The van der Waals surface area contributed by atoms with E-state index in [4.69, 9.17) is 9.15 Å². The van der Waals surface area contributed by atoms with Crippen molar-refractivity contribution in [1.82, 2.24) is 9.80 Å². The average molecular weight is 411 g/mol. The Bertz CT molecular complexity index is 811. The summed E-state index contributed by atoms with van der Waals surface area (Å²) in [6.07, 6.45) is 7.69. The molecule has 6 nitrogen and oxygen atoms in total. The number of hydrogen-bond donors (Lipinski definition) is 0. The summed E-state index contributed by atoms with van der Waals surface area (Å²) in [6, 6.07) is 13.3. The van der Waals surface area contributed by atoms with E-state index in [0.717, 1.165) is 37.2 Å². The van der Waals surface area contributed by atoms with Crippen LogP contribution >= 0.6 is 0 Å². The van der Waals surface area contributed by atoms with Gasteiger partial charge in [-0.05, 0) is 43.0 Å². The summed E-state index contributed by atoms with van der Waals surface area (Å²) >= 11 is 0. The smallest absolute Gasteiger partial charge is 0.247 e. The van der Waals surface area contributed by atoms with Crippen LogP contribution in [0.4, 0.5) is 0 Å². The second-order valence-corrected chi connectivity index (χ2v) is 7.49. The zero-order valence-electron chi connectivity index (χ0n) is 17.5. The molecule has 1 aromatic heterocycles. The molecule has 160 valence electrons. The van der Waals surface area contributed by atoms with Gasteiger partial charge in [-0.25, -0.2) is 0 Å². The summed E-state index contributed by atoms with van der Waals surface area (Å²) in [6.45, 7) is 4.18. The molecular weight excluding hydrogens is 380 g/mol. The van der Waals surface area contributed by atoms with Gasteiger partial charge in [-0.2, -0.15) is 0 Å². The topological polar surface area (TPSA) is 63.0 Å². The number of carbonyl (C=O) groups excluding carboxylic acids is 2. The van der Waals surface area contributed by atoms with Gasteiger partial charge in [-0.1, -0.05) is 37.3 Å². The zero-order chi connectivity index (χ0) is 21.2. The van der Waals surface area contributed by atoms with Crippen molar-refractivity contribution >= 4 is 17.9 Å². The quantitative estimate of drug-likeness (QED) is 0.560. The molecule has 0 N–H and O–H groups in total. The maximum absolute atomic E-state index is 13.1. The van der Waals surface area contributed by atoms with Crippen LogP contribution in [-0.2, 0) is 20.9 Å². The van der Waals surface area contributed by atoms with Crippen LogP contribution in [0.15, 0.2) is 59.2 Å². The van der Waals surface area contributed by atoms with Crippen LogP contribution < -0.4 is 0 Å². The van der Waals surface area contributed by atoms with Gasteiger partial charge in [0.1, 0.15) is 12.3 Å². The minimum Gasteiger partial charge on any atom is -0.467 e. The standard InChI is InChI=1S/C24H30N2O4/c1-2-14-25(23(27)13-12-20-8-4-3-5-9-20)19-24(28)26(17-21-10-6-15-29-21)18-22-11-7-16-30-22/h3-6,8-10,12-13,15,22H,2,7,11,14,16-19H2,1H3/b13-12+/t22-/m0/s1. The second-order valence-electron chi connectivity index (χ2n) is 7.49. The zero-order valence-corrected chi connectivity index (χ0v) is 17.5. The van der Waals surface area contributed by atoms with Gasteiger partial charge in [0.2, 0.25) is 11.8 Å². The number of benzene rings is 1. The molecule has 0 radical (unpaired) electrons. The van der Waals surface area contributed by atoms with Gasteiger partial charge in [-0.3, -0.25) is 9.59 Å². The van der Waals surface area contributed by atoms with Crippen LogP contribution in [0.25, 0.3) is 6.08 Å². The van der Waals surface area contributed by atoms with Gasteiger partial charge >= 0.3 is 0 Å². The third-order valence-electron chi connectivity index (χ3n) is 5.08. The Kier molecular flexibility index (Phi) is 8.27. The molecule has 6 heteroatoms. The number of amides is 2. The molecule has 0 spiro atoms. The Hall–Kier alpha value is -2.86. The van der Waals surface area contributed by atoms with Crippen molar-refractivity contribution < 1.29 is 18.7 Å². The number of hydrogen-bond acceptors (Lipinski definition) is 4. The van der Waals surface area contributed by atoms with Crippen molar-refractivity contribution in [3.63, 3.8) is 0 Å². The molecule has 2 aromatic rings. The molecular formula is C24H30N2O4. The van der Waals surface area contributed by atoms with Crippen LogP contribution in [0.3, 0.4) is 0 Å². The normalized spacial score (nSPS) is 16.1. The van der Waals surface area contributed by atoms with E-state index in [0.29, 0.717) is 19.6 Å². The summed E-state index contributed by atoms with van der Waals surface area (Å²) in [7, 11) is 0. The molecule has 2 heterocycles. The number of rotatable bonds is 10. The Labute approximate surface area is 178 Å². The summed E-state index contributed by atoms with van der Waals surface area (Å²) in [4.78, 5) is 29.2. The second kappa shape index (κ2) is 11.4. The molecule has 0 unspecified atom stereocenters. The molecule has 1 saturated heterocycles. The lowest BCUT2D eigenvalue weighted by Gasteiger charge is -2.28. The fourth-order valence-electron chi connectivity index (χ4n) is 3.52. The summed E-state index contributed by atoms with van der Waals surface area (Å²) in [5.74, 6) is 0.458. The Balaban J connectivity index is 1.66. The summed E-state index contributed by atoms with van der Waals surface area (Å²) in [5, 5.41) is 0. The van der Waals surface area contributed by atoms with Crippen molar-refractivity contribution in [3.8, 4) is 0 Å². The molecule has 3 rings (SSSR count). The molecule has 1 aliphatic rings. The first kappa shape index (κ1) is 21.8. The fourth-order valence-corrected chi connectivity index (χ4v) is 3.52. The minimum absolute atomic E-state index is 0.0391. The van der Waals surface area contributed by atoms with Crippen LogP contribution in [0.5, 0.6) is 0 Å². The largest absolute Gasteiger partial charge is 0.467 e. The number of ether oxygens (including phenoxy) is 1. The Morgan fingerprint density at radius 1 is 1.13 bits per heavy atom. The van der Waals surface area contributed by atoms with Gasteiger partial charge in [0, 0.05) is 25.8 Å². The van der Waals surface area contributed by atoms with Crippen LogP contribution in [0.1, 0.15) is 37.5 Å². The Morgan fingerprint density at radius 3 is 2.63 bits per heavy atom. The van der Waals surface area contributed by atoms with E-state index in [1.807, 2.05) is 49.4 Å². The monoisotopic (exact) mass is 410 g/mol. The maximum Gasteiger partial charge on any atom is 0.247 e. The van der Waals surface area contributed by atoms with E-state index >= 15 is 0 Å². The molecule has 1 atom stereocenters. The number of furan rings is 1. The first-order valence-electron chi connectivity index (χ1n) is 10.6. The van der Waals surface area contributed by atoms with Crippen LogP contribution in [0.2, 0.25) is 0 Å². The predicted molar refractivity (Wildman–Crippen MR) is 115 cm³/mol. The van der Waals surface area contributed by atoms with Gasteiger partial charge in [-0.15, -0.1) is 0 Å². The number of carbonyl (C=O) groups is 2. The third-order valence-corrected chi connectivity index (χ3v) is 5.08. The van der Waals surface area contributed by atoms with E-state index in [1.165, 1.54) is 6.08 Å². The first-order valence-corrected chi connectivity index (χ1v) is 10.6. The van der Waals surface area contributed by atoms with E-state index in [-0.39, 0.29) is 24.5 Å². The van der Waals surface area contributed by atoms with Crippen LogP contribution in [0, 0.1) is 0 Å². The fraction of sp³-hybridized carbons (Fsp3) is 0.417.